The number of amides is 1. The van der Waals surface area contributed by atoms with Crippen LogP contribution in [-0.4, -0.2) is 19.2 Å². The zero-order valence-electron chi connectivity index (χ0n) is 12.2. The number of allylic oxidation sites excluding steroid dienone is 2. The smallest absolute Gasteiger partial charge is 0.244 e. The van der Waals surface area contributed by atoms with Crippen LogP contribution in [0.15, 0.2) is 41.5 Å². The van der Waals surface area contributed by atoms with E-state index < -0.39 is 0 Å². The van der Waals surface area contributed by atoms with Crippen LogP contribution in [0.4, 0.5) is 0 Å². The minimum atomic E-state index is -0.0879. The lowest BCUT2D eigenvalue weighted by Crippen LogP contribution is -2.21. The van der Waals surface area contributed by atoms with Gasteiger partial charge in [0.15, 0.2) is 0 Å². The maximum absolute atomic E-state index is 11.8. The third kappa shape index (κ3) is 3.32. The van der Waals surface area contributed by atoms with Crippen LogP contribution in [0.2, 0.25) is 0 Å². The van der Waals surface area contributed by atoms with Gasteiger partial charge in [0.1, 0.15) is 5.75 Å². The number of carbonyl (C=O) groups excluding carboxylic acids is 1. The molecular formula is C17H20N2O2. The molecule has 1 fully saturated rings. The van der Waals surface area contributed by atoms with Crippen molar-refractivity contribution in [1.29, 1.82) is 0 Å². The van der Waals surface area contributed by atoms with Crippen molar-refractivity contribution in [2.45, 2.75) is 19.3 Å². The van der Waals surface area contributed by atoms with Gasteiger partial charge in [-0.15, -0.1) is 0 Å². The number of carbonyl (C=O) groups is 1. The number of nitrogens with zero attached hydrogens (tertiary/aromatic N) is 1. The molecule has 0 spiro atoms. The second kappa shape index (κ2) is 6.12. The number of benzene rings is 1. The zero-order chi connectivity index (χ0) is 14.7. The summed E-state index contributed by atoms with van der Waals surface area (Å²) in [5, 5.41) is 4.12. The van der Waals surface area contributed by atoms with Crippen LogP contribution in [0.5, 0.6) is 5.75 Å². The molecule has 1 saturated carbocycles. The Morgan fingerprint density at radius 3 is 2.76 bits per heavy atom. The predicted octanol–water partition coefficient (Wildman–Crippen LogP) is 2.55. The molecular weight excluding hydrogens is 264 g/mol. The van der Waals surface area contributed by atoms with Crippen molar-refractivity contribution >= 4 is 12.1 Å². The van der Waals surface area contributed by atoms with E-state index in [0.717, 1.165) is 17.2 Å². The molecule has 1 aromatic carbocycles. The molecule has 2 aliphatic carbocycles. The summed E-state index contributed by atoms with van der Waals surface area (Å²) in [6.45, 7) is 0. The van der Waals surface area contributed by atoms with E-state index in [9.17, 15) is 4.79 Å². The molecule has 2 bridgehead atoms. The number of methoxy groups -OCH3 is 1. The Morgan fingerprint density at radius 2 is 2.14 bits per heavy atom. The molecule has 3 rings (SSSR count). The molecule has 1 aromatic rings. The summed E-state index contributed by atoms with van der Waals surface area (Å²) in [4.78, 5) is 11.8. The maximum atomic E-state index is 11.8. The van der Waals surface area contributed by atoms with Crippen molar-refractivity contribution in [3.05, 3.63) is 42.0 Å². The highest BCUT2D eigenvalue weighted by Crippen LogP contribution is 2.42. The first-order valence-corrected chi connectivity index (χ1v) is 7.38. The van der Waals surface area contributed by atoms with Gasteiger partial charge in [-0.05, 0) is 42.4 Å². The van der Waals surface area contributed by atoms with Gasteiger partial charge in [-0.3, -0.25) is 4.79 Å². The van der Waals surface area contributed by atoms with Gasteiger partial charge in [-0.2, -0.15) is 5.10 Å². The first-order valence-electron chi connectivity index (χ1n) is 7.38. The lowest BCUT2D eigenvalue weighted by Gasteiger charge is -2.11. The summed E-state index contributed by atoms with van der Waals surface area (Å²) in [5.74, 6) is 2.54. The second-order valence-electron chi connectivity index (χ2n) is 5.78. The molecule has 0 aliphatic heterocycles. The Hall–Kier alpha value is -2.10. The number of ether oxygens (including phenoxy) is 1. The van der Waals surface area contributed by atoms with Gasteiger partial charge in [0.05, 0.1) is 13.5 Å². The molecule has 4 nitrogen and oxygen atoms in total. The van der Waals surface area contributed by atoms with Crippen molar-refractivity contribution in [3.8, 4) is 5.75 Å². The van der Waals surface area contributed by atoms with Gasteiger partial charge in [0, 0.05) is 12.1 Å². The minimum absolute atomic E-state index is 0.0879. The lowest BCUT2D eigenvalue weighted by atomic mass is 9.95. The molecule has 1 amide bonds. The molecule has 4 heteroatoms. The van der Waals surface area contributed by atoms with Crippen LogP contribution < -0.4 is 10.2 Å². The van der Waals surface area contributed by atoms with E-state index in [1.165, 1.54) is 12.8 Å². The summed E-state index contributed by atoms with van der Waals surface area (Å²) in [6.07, 6.45) is 9.23. The van der Waals surface area contributed by atoms with Gasteiger partial charge in [-0.1, -0.05) is 24.3 Å². The molecule has 3 atom stereocenters. The van der Waals surface area contributed by atoms with Gasteiger partial charge in [-0.25, -0.2) is 5.43 Å². The third-order valence-electron chi connectivity index (χ3n) is 4.31. The number of rotatable bonds is 5. The van der Waals surface area contributed by atoms with E-state index in [0.29, 0.717) is 18.3 Å². The van der Waals surface area contributed by atoms with Crippen molar-refractivity contribution in [2.75, 3.05) is 7.11 Å². The molecule has 3 unspecified atom stereocenters. The van der Waals surface area contributed by atoms with Crippen LogP contribution in [0, 0.1) is 17.8 Å². The maximum Gasteiger partial charge on any atom is 0.244 e. The monoisotopic (exact) mass is 284 g/mol. The highest BCUT2D eigenvalue weighted by molar-refractivity contribution is 5.79. The lowest BCUT2D eigenvalue weighted by molar-refractivity contribution is -0.120. The Morgan fingerprint density at radius 1 is 1.33 bits per heavy atom. The molecule has 0 aromatic heterocycles. The second-order valence-corrected chi connectivity index (χ2v) is 5.78. The molecule has 0 radical (unpaired) electrons. The van der Waals surface area contributed by atoms with Crippen LogP contribution >= 0.6 is 0 Å². The number of nitrogens with one attached hydrogen (secondary N) is 1. The number of hydrogen-bond donors (Lipinski definition) is 1. The summed E-state index contributed by atoms with van der Waals surface area (Å²) >= 11 is 0. The van der Waals surface area contributed by atoms with Crippen molar-refractivity contribution in [2.24, 2.45) is 22.9 Å². The Kier molecular flexibility index (Phi) is 4.04. The van der Waals surface area contributed by atoms with Gasteiger partial charge >= 0.3 is 0 Å². The minimum Gasteiger partial charge on any atom is -0.497 e. The topological polar surface area (TPSA) is 50.7 Å². The van der Waals surface area contributed by atoms with Gasteiger partial charge < -0.3 is 4.74 Å². The summed E-state index contributed by atoms with van der Waals surface area (Å²) in [7, 11) is 1.63. The van der Waals surface area contributed by atoms with E-state index in [1.54, 1.807) is 7.11 Å². The van der Waals surface area contributed by atoms with Crippen LogP contribution in [0.1, 0.15) is 18.4 Å². The average Bonchev–Trinajstić information content (AvgIpc) is 3.11. The number of fused-ring (bicyclic) bond motifs is 2. The first kappa shape index (κ1) is 13.9. The van der Waals surface area contributed by atoms with Crippen LogP contribution in [-0.2, 0) is 11.2 Å². The average molecular weight is 284 g/mol. The Balaban J connectivity index is 1.46. The third-order valence-corrected chi connectivity index (χ3v) is 4.31. The number of hydrogen-bond acceptors (Lipinski definition) is 3. The van der Waals surface area contributed by atoms with Crippen molar-refractivity contribution in [3.63, 3.8) is 0 Å². The van der Waals surface area contributed by atoms with Crippen molar-refractivity contribution in [1.82, 2.24) is 5.43 Å². The highest BCUT2D eigenvalue weighted by Gasteiger charge is 2.34. The van der Waals surface area contributed by atoms with E-state index in [-0.39, 0.29) is 5.91 Å². The fourth-order valence-electron chi connectivity index (χ4n) is 3.17. The molecule has 2 aliphatic rings. The highest BCUT2D eigenvalue weighted by atomic mass is 16.5. The quantitative estimate of drug-likeness (QED) is 0.513. The standard InChI is InChI=1S/C17H20N2O2/c1-21-16-6-3-12(4-7-16)10-17(20)19-18-11-15-9-13-2-5-14(15)8-13/h2-7,11,13-15H,8-10H2,1H3,(H,19,20)/b18-11+. The Labute approximate surface area is 124 Å². The molecule has 110 valence electrons. The van der Waals surface area contributed by atoms with E-state index in [4.69, 9.17) is 4.74 Å². The predicted molar refractivity (Wildman–Crippen MR) is 82.2 cm³/mol. The zero-order valence-corrected chi connectivity index (χ0v) is 12.2. The summed E-state index contributed by atoms with van der Waals surface area (Å²) in [5.41, 5.74) is 3.57. The fourth-order valence-corrected chi connectivity index (χ4v) is 3.17. The normalized spacial score (nSPS) is 26.4. The summed E-state index contributed by atoms with van der Waals surface area (Å²) in [6, 6.07) is 7.49. The van der Waals surface area contributed by atoms with Gasteiger partial charge in [0.25, 0.3) is 0 Å². The Bertz CT molecular complexity index is 563. The van der Waals surface area contributed by atoms with Crippen molar-refractivity contribution < 1.29 is 9.53 Å². The van der Waals surface area contributed by atoms with Gasteiger partial charge in [0.2, 0.25) is 5.91 Å². The molecule has 1 N–H and O–H groups in total. The van der Waals surface area contributed by atoms with E-state index in [2.05, 4.69) is 22.7 Å². The first-order chi connectivity index (χ1) is 10.2. The molecule has 0 heterocycles. The number of hydrazone groups is 1. The van der Waals surface area contributed by atoms with Crippen LogP contribution in [0.3, 0.4) is 0 Å². The summed E-state index contributed by atoms with van der Waals surface area (Å²) < 4.78 is 5.09. The molecule has 21 heavy (non-hydrogen) atoms. The van der Waals surface area contributed by atoms with Crippen LogP contribution in [0.25, 0.3) is 0 Å². The van der Waals surface area contributed by atoms with E-state index >= 15 is 0 Å². The largest absolute Gasteiger partial charge is 0.497 e. The molecule has 0 saturated heterocycles. The fraction of sp³-hybridized carbons (Fsp3) is 0.412. The SMILES string of the molecule is COc1ccc(CC(=O)N/N=C/C2CC3C=CC2C3)cc1. The van der Waals surface area contributed by atoms with E-state index in [1.807, 2.05) is 30.5 Å².